The molecule has 0 aromatic rings. The Hall–Kier alpha value is -1.52. The van der Waals surface area contributed by atoms with Gasteiger partial charge in [0.25, 0.3) is 0 Å². The molecule has 0 N–H and O–H groups in total. The lowest BCUT2D eigenvalue weighted by atomic mass is 9.62. The van der Waals surface area contributed by atoms with Crippen molar-refractivity contribution in [2.75, 3.05) is 19.7 Å². The van der Waals surface area contributed by atoms with E-state index < -0.39 is 0 Å². The number of carbonyl (C=O) groups is 2. The average molecular weight is 334 g/mol. The highest BCUT2D eigenvalue weighted by molar-refractivity contribution is 5.75. The van der Waals surface area contributed by atoms with Gasteiger partial charge in [-0.2, -0.15) is 0 Å². The number of hydrogen-bond acceptors (Lipinski definition) is 3. The Kier molecular flexibility index (Phi) is 5.16. The van der Waals surface area contributed by atoms with E-state index in [1.807, 2.05) is 22.9 Å². The molecule has 2 amide bonds. The molecular formula is C19H30N2O3. The predicted molar refractivity (Wildman–Crippen MR) is 92.1 cm³/mol. The Labute approximate surface area is 145 Å². The van der Waals surface area contributed by atoms with Gasteiger partial charge in [0, 0.05) is 32.3 Å². The van der Waals surface area contributed by atoms with Crippen molar-refractivity contribution >= 4 is 12.0 Å². The van der Waals surface area contributed by atoms with Crippen LogP contribution < -0.4 is 0 Å². The van der Waals surface area contributed by atoms with Gasteiger partial charge in [0.05, 0.1) is 6.61 Å². The summed E-state index contributed by atoms with van der Waals surface area (Å²) in [5.41, 5.74) is 0. The third-order valence-electron chi connectivity index (χ3n) is 6.17. The minimum absolute atomic E-state index is 0.134. The van der Waals surface area contributed by atoms with Gasteiger partial charge >= 0.3 is 6.09 Å². The van der Waals surface area contributed by atoms with E-state index in [9.17, 15) is 9.59 Å². The highest BCUT2D eigenvalue weighted by Crippen LogP contribution is 2.49. The standard InChI is InChI=1S/C19H30N2O3/c1-4-7-15-16-8-6-9-21(13(3)22)18(16)10-14-11-20(12-17(14)15)19(23)24-5-2/h6,9,14-18H,4-5,7-8,10-12H2,1-3H3. The van der Waals surface area contributed by atoms with Crippen LogP contribution in [-0.2, 0) is 9.53 Å². The van der Waals surface area contributed by atoms with Crippen molar-refractivity contribution in [1.29, 1.82) is 0 Å². The van der Waals surface area contributed by atoms with Crippen LogP contribution in [-0.4, -0.2) is 47.5 Å². The quantitative estimate of drug-likeness (QED) is 0.796. The maximum absolute atomic E-state index is 12.2. The molecule has 5 nitrogen and oxygen atoms in total. The van der Waals surface area contributed by atoms with Gasteiger partial charge in [0.2, 0.25) is 5.91 Å². The molecule has 134 valence electrons. The van der Waals surface area contributed by atoms with Crippen molar-refractivity contribution in [3.8, 4) is 0 Å². The number of likely N-dealkylation sites (tertiary alicyclic amines) is 1. The summed E-state index contributed by atoms with van der Waals surface area (Å²) in [6.07, 6.45) is 8.36. The normalized spacial score (nSPS) is 34.7. The van der Waals surface area contributed by atoms with Crippen molar-refractivity contribution in [2.45, 2.75) is 52.5 Å². The third-order valence-corrected chi connectivity index (χ3v) is 6.17. The van der Waals surface area contributed by atoms with Crippen LogP contribution in [0.1, 0.15) is 46.5 Å². The fraction of sp³-hybridized carbons (Fsp3) is 0.789. The molecular weight excluding hydrogens is 304 g/mol. The van der Waals surface area contributed by atoms with Crippen molar-refractivity contribution in [3.63, 3.8) is 0 Å². The number of nitrogens with zero attached hydrogens (tertiary/aromatic N) is 2. The number of amides is 2. The molecule has 1 saturated carbocycles. The van der Waals surface area contributed by atoms with Crippen LogP contribution in [0.2, 0.25) is 0 Å². The zero-order chi connectivity index (χ0) is 17.3. The third kappa shape index (κ3) is 3.05. The van der Waals surface area contributed by atoms with Gasteiger partial charge in [-0.15, -0.1) is 0 Å². The van der Waals surface area contributed by atoms with Crippen molar-refractivity contribution in [1.82, 2.24) is 9.80 Å². The molecule has 3 rings (SSSR count). The van der Waals surface area contributed by atoms with Crippen LogP contribution in [0.5, 0.6) is 0 Å². The summed E-state index contributed by atoms with van der Waals surface area (Å²) >= 11 is 0. The SMILES string of the molecule is CCCC1C2CN(C(=O)OCC)CC2CC2C1CC=CN2C(C)=O. The molecule has 2 fully saturated rings. The zero-order valence-corrected chi connectivity index (χ0v) is 15.1. The Bertz CT molecular complexity index is 519. The first kappa shape index (κ1) is 17.3. The maximum atomic E-state index is 12.2. The van der Waals surface area contributed by atoms with Crippen LogP contribution in [0.3, 0.4) is 0 Å². The number of hydrogen-bond donors (Lipinski definition) is 0. The molecule has 3 aliphatic rings. The monoisotopic (exact) mass is 334 g/mol. The first-order valence-corrected chi connectivity index (χ1v) is 9.44. The summed E-state index contributed by atoms with van der Waals surface area (Å²) in [4.78, 5) is 28.1. The zero-order valence-electron chi connectivity index (χ0n) is 15.1. The number of allylic oxidation sites excluding steroid dienone is 1. The number of fused-ring (bicyclic) bond motifs is 2. The fourth-order valence-corrected chi connectivity index (χ4v) is 5.28. The molecule has 0 aromatic heterocycles. The number of ether oxygens (including phenoxy) is 1. The maximum Gasteiger partial charge on any atom is 0.409 e. The van der Waals surface area contributed by atoms with E-state index >= 15 is 0 Å². The predicted octanol–water partition coefficient (Wildman–Crippen LogP) is 3.26. The summed E-state index contributed by atoms with van der Waals surface area (Å²) in [6.45, 7) is 7.77. The summed E-state index contributed by atoms with van der Waals surface area (Å²) < 4.78 is 5.22. The molecule has 1 saturated heterocycles. The van der Waals surface area contributed by atoms with E-state index in [0.29, 0.717) is 36.3 Å². The van der Waals surface area contributed by atoms with Gasteiger partial charge in [-0.25, -0.2) is 4.79 Å². The lowest BCUT2D eigenvalue weighted by Gasteiger charge is -2.49. The summed E-state index contributed by atoms with van der Waals surface area (Å²) in [5.74, 6) is 2.29. The summed E-state index contributed by atoms with van der Waals surface area (Å²) in [6, 6.07) is 0.299. The molecule has 5 heteroatoms. The van der Waals surface area contributed by atoms with E-state index in [1.54, 1.807) is 6.92 Å². The Morgan fingerprint density at radius 2 is 2.00 bits per heavy atom. The second-order valence-corrected chi connectivity index (χ2v) is 7.49. The molecule has 5 atom stereocenters. The smallest absolute Gasteiger partial charge is 0.409 e. The minimum Gasteiger partial charge on any atom is -0.450 e. The highest BCUT2D eigenvalue weighted by atomic mass is 16.6. The number of carbonyl (C=O) groups excluding carboxylic acids is 2. The van der Waals surface area contributed by atoms with E-state index in [1.165, 1.54) is 6.42 Å². The van der Waals surface area contributed by atoms with Crippen LogP contribution in [0.4, 0.5) is 4.79 Å². The van der Waals surface area contributed by atoms with E-state index in [0.717, 1.165) is 32.4 Å². The molecule has 0 aromatic carbocycles. The van der Waals surface area contributed by atoms with Crippen molar-refractivity contribution < 1.29 is 14.3 Å². The van der Waals surface area contributed by atoms with E-state index in [2.05, 4.69) is 13.0 Å². The molecule has 0 bridgehead atoms. The molecule has 5 unspecified atom stereocenters. The van der Waals surface area contributed by atoms with Crippen molar-refractivity contribution in [2.24, 2.45) is 23.7 Å². The molecule has 0 radical (unpaired) electrons. The van der Waals surface area contributed by atoms with Gasteiger partial charge in [0.1, 0.15) is 0 Å². The van der Waals surface area contributed by atoms with E-state index in [4.69, 9.17) is 4.74 Å². The van der Waals surface area contributed by atoms with E-state index in [-0.39, 0.29) is 12.0 Å². The molecule has 2 aliphatic heterocycles. The average Bonchev–Trinajstić information content (AvgIpc) is 2.98. The van der Waals surface area contributed by atoms with Gasteiger partial charge in [-0.1, -0.05) is 25.8 Å². The molecule has 1 aliphatic carbocycles. The summed E-state index contributed by atoms with van der Waals surface area (Å²) in [7, 11) is 0. The van der Waals surface area contributed by atoms with Gasteiger partial charge in [0.15, 0.2) is 0 Å². The largest absolute Gasteiger partial charge is 0.450 e. The van der Waals surface area contributed by atoms with Crippen LogP contribution in [0.15, 0.2) is 12.3 Å². The number of rotatable bonds is 3. The Morgan fingerprint density at radius 1 is 1.21 bits per heavy atom. The lowest BCUT2D eigenvalue weighted by molar-refractivity contribution is -0.132. The van der Waals surface area contributed by atoms with Crippen LogP contribution in [0, 0.1) is 23.7 Å². The first-order valence-electron chi connectivity index (χ1n) is 9.44. The van der Waals surface area contributed by atoms with Gasteiger partial charge < -0.3 is 14.5 Å². The molecule has 0 spiro atoms. The minimum atomic E-state index is -0.174. The van der Waals surface area contributed by atoms with Gasteiger partial charge in [-0.3, -0.25) is 4.79 Å². The Balaban J connectivity index is 1.82. The second kappa shape index (κ2) is 7.16. The Morgan fingerprint density at radius 3 is 2.67 bits per heavy atom. The van der Waals surface area contributed by atoms with Gasteiger partial charge in [-0.05, 0) is 43.4 Å². The first-order chi connectivity index (χ1) is 11.6. The highest BCUT2D eigenvalue weighted by Gasteiger charge is 2.51. The lowest BCUT2D eigenvalue weighted by Crippen LogP contribution is -2.52. The molecule has 24 heavy (non-hydrogen) atoms. The van der Waals surface area contributed by atoms with Crippen LogP contribution >= 0.6 is 0 Å². The second-order valence-electron chi connectivity index (χ2n) is 7.49. The van der Waals surface area contributed by atoms with Crippen molar-refractivity contribution in [3.05, 3.63) is 12.3 Å². The topological polar surface area (TPSA) is 49.9 Å². The summed E-state index contributed by atoms with van der Waals surface area (Å²) in [5, 5.41) is 0. The molecule has 2 heterocycles. The fourth-order valence-electron chi connectivity index (χ4n) is 5.28. The van der Waals surface area contributed by atoms with Crippen LogP contribution in [0.25, 0.3) is 0 Å².